The molecule has 2 N–H and O–H groups in total. The van der Waals surface area contributed by atoms with Gasteiger partial charge in [-0.3, -0.25) is 4.79 Å². The van der Waals surface area contributed by atoms with E-state index in [0.717, 1.165) is 24.0 Å². The lowest BCUT2D eigenvalue weighted by Gasteiger charge is -2.23. The van der Waals surface area contributed by atoms with E-state index in [1.165, 1.54) is 12.8 Å². The zero-order valence-electron chi connectivity index (χ0n) is 14.8. The second-order valence-electron chi connectivity index (χ2n) is 8.37. The zero-order chi connectivity index (χ0) is 16.5. The van der Waals surface area contributed by atoms with Crippen LogP contribution in [0.15, 0.2) is 6.07 Å². The number of anilines is 1. The van der Waals surface area contributed by atoms with Gasteiger partial charge in [-0.1, -0.05) is 20.8 Å². The summed E-state index contributed by atoms with van der Waals surface area (Å²) in [6.07, 6.45) is 2.58. The summed E-state index contributed by atoms with van der Waals surface area (Å²) in [5.41, 5.74) is 0.775. The summed E-state index contributed by atoms with van der Waals surface area (Å²) < 4.78 is 1.91. The van der Waals surface area contributed by atoms with Crippen LogP contribution in [0.3, 0.4) is 0 Å². The number of carbonyl (C=O) groups excluding carboxylic acids is 1. The van der Waals surface area contributed by atoms with E-state index in [0.29, 0.717) is 6.54 Å². The van der Waals surface area contributed by atoms with E-state index in [9.17, 15) is 4.79 Å². The highest BCUT2D eigenvalue weighted by molar-refractivity contribution is 5.91. The van der Waals surface area contributed by atoms with Crippen molar-refractivity contribution in [3.63, 3.8) is 0 Å². The average molecular weight is 306 g/mol. The first kappa shape index (κ1) is 17.0. The van der Waals surface area contributed by atoms with Gasteiger partial charge in [0.1, 0.15) is 5.82 Å². The quantitative estimate of drug-likeness (QED) is 0.879. The Labute approximate surface area is 133 Å². The van der Waals surface area contributed by atoms with Gasteiger partial charge in [-0.2, -0.15) is 5.10 Å². The molecule has 5 heteroatoms. The maximum atomic E-state index is 12.1. The largest absolute Gasteiger partial charge is 0.310 e. The number of aromatic nitrogens is 2. The number of rotatable bonds is 5. The lowest BCUT2D eigenvalue weighted by molar-refractivity contribution is -0.115. The molecule has 0 bridgehead atoms. The fourth-order valence-electron chi connectivity index (χ4n) is 2.25. The lowest BCUT2D eigenvalue weighted by Crippen LogP contribution is -2.32. The first-order valence-corrected chi connectivity index (χ1v) is 8.19. The number of carbonyl (C=O) groups is 1. The van der Waals surface area contributed by atoms with E-state index in [2.05, 4.69) is 52.2 Å². The SMILES string of the molecule is CC(C)(C)c1cc(NC(=O)CNCC2CC2)n(C(C)(C)C)n1. The molecule has 1 heterocycles. The molecule has 2 rings (SSSR count). The van der Waals surface area contributed by atoms with Crippen molar-refractivity contribution in [1.29, 1.82) is 0 Å². The molecule has 0 saturated heterocycles. The summed E-state index contributed by atoms with van der Waals surface area (Å²) in [5.74, 6) is 1.54. The van der Waals surface area contributed by atoms with Crippen molar-refractivity contribution in [1.82, 2.24) is 15.1 Å². The highest BCUT2D eigenvalue weighted by Gasteiger charge is 2.26. The third kappa shape index (κ3) is 4.57. The summed E-state index contributed by atoms with van der Waals surface area (Å²) in [7, 11) is 0. The molecule has 5 nitrogen and oxygen atoms in total. The monoisotopic (exact) mass is 306 g/mol. The molecular formula is C17H30N4O. The molecule has 1 saturated carbocycles. The molecular weight excluding hydrogens is 276 g/mol. The summed E-state index contributed by atoms with van der Waals surface area (Å²) in [6.45, 7) is 14.0. The Balaban J connectivity index is 2.07. The number of hydrogen-bond acceptors (Lipinski definition) is 3. The van der Waals surface area contributed by atoms with Gasteiger partial charge in [0, 0.05) is 11.5 Å². The number of nitrogens with one attached hydrogen (secondary N) is 2. The molecule has 0 atom stereocenters. The first-order valence-electron chi connectivity index (χ1n) is 8.19. The van der Waals surface area contributed by atoms with Crippen molar-refractivity contribution in [3.05, 3.63) is 11.8 Å². The Morgan fingerprint density at radius 2 is 1.91 bits per heavy atom. The predicted octanol–water partition coefficient (Wildman–Crippen LogP) is 2.87. The topological polar surface area (TPSA) is 59.0 Å². The molecule has 0 aromatic carbocycles. The fraction of sp³-hybridized carbons (Fsp3) is 0.765. The lowest BCUT2D eigenvalue weighted by atomic mass is 9.92. The van der Waals surface area contributed by atoms with Gasteiger partial charge in [-0.05, 0) is 46.1 Å². The summed E-state index contributed by atoms with van der Waals surface area (Å²) in [6, 6.07) is 1.99. The van der Waals surface area contributed by atoms with Gasteiger partial charge in [-0.15, -0.1) is 0 Å². The second kappa shape index (κ2) is 6.03. The molecule has 1 aliphatic rings. The summed E-state index contributed by atoms with van der Waals surface area (Å²) >= 11 is 0. The van der Waals surface area contributed by atoms with Crippen LogP contribution in [0.1, 0.15) is 60.1 Å². The summed E-state index contributed by atoms with van der Waals surface area (Å²) in [5, 5.41) is 10.9. The third-order valence-electron chi connectivity index (χ3n) is 3.80. The van der Waals surface area contributed by atoms with E-state index in [1.807, 2.05) is 10.7 Å². The molecule has 0 radical (unpaired) electrons. The molecule has 0 aliphatic heterocycles. The number of amides is 1. The minimum atomic E-state index is -0.173. The van der Waals surface area contributed by atoms with Crippen LogP contribution in [-0.4, -0.2) is 28.8 Å². The Morgan fingerprint density at radius 3 is 2.41 bits per heavy atom. The van der Waals surface area contributed by atoms with Crippen LogP contribution in [0, 0.1) is 5.92 Å². The van der Waals surface area contributed by atoms with E-state index < -0.39 is 0 Å². The van der Waals surface area contributed by atoms with Gasteiger partial charge in [0.15, 0.2) is 0 Å². The zero-order valence-corrected chi connectivity index (χ0v) is 14.8. The molecule has 1 aliphatic carbocycles. The molecule has 22 heavy (non-hydrogen) atoms. The Bertz CT molecular complexity index is 530. The van der Waals surface area contributed by atoms with Gasteiger partial charge in [0.2, 0.25) is 5.91 Å². The molecule has 1 aromatic rings. The van der Waals surface area contributed by atoms with E-state index >= 15 is 0 Å². The van der Waals surface area contributed by atoms with Crippen molar-refractivity contribution in [2.75, 3.05) is 18.4 Å². The predicted molar refractivity (Wildman–Crippen MR) is 90.1 cm³/mol. The van der Waals surface area contributed by atoms with Gasteiger partial charge >= 0.3 is 0 Å². The molecule has 0 unspecified atom stereocenters. The van der Waals surface area contributed by atoms with Crippen molar-refractivity contribution < 1.29 is 4.79 Å². The van der Waals surface area contributed by atoms with Crippen LogP contribution in [0.5, 0.6) is 0 Å². The second-order valence-corrected chi connectivity index (χ2v) is 8.37. The molecule has 0 spiro atoms. The molecule has 1 fully saturated rings. The normalized spacial score (nSPS) is 15.9. The average Bonchev–Trinajstić information content (AvgIpc) is 3.04. The van der Waals surface area contributed by atoms with Crippen LogP contribution in [0.2, 0.25) is 0 Å². The molecule has 124 valence electrons. The maximum Gasteiger partial charge on any atom is 0.239 e. The standard InChI is InChI=1S/C17H30N4O/c1-16(2,3)13-9-14(21(20-13)17(4,5)6)19-15(22)11-18-10-12-7-8-12/h9,12,18H,7-8,10-11H2,1-6H3,(H,19,22). The van der Waals surface area contributed by atoms with Gasteiger partial charge < -0.3 is 10.6 Å². The van der Waals surface area contributed by atoms with Crippen LogP contribution in [-0.2, 0) is 15.7 Å². The number of nitrogens with zero attached hydrogens (tertiary/aromatic N) is 2. The van der Waals surface area contributed by atoms with Crippen LogP contribution < -0.4 is 10.6 Å². The van der Waals surface area contributed by atoms with E-state index in [-0.39, 0.29) is 16.9 Å². The number of hydrogen-bond donors (Lipinski definition) is 2. The minimum Gasteiger partial charge on any atom is -0.310 e. The highest BCUT2D eigenvalue weighted by atomic mass is 16.2. The van der Waals surface area contributed by atoms with Crippen molar-refractivity contribution in [2.24, 2.45) is 5.92 Å². The smallest absolute Gasteiger partial charge is 0.239 e. The van der Waals surface area contributed by atoms with Crippen LogP contribution in [0.4, 0.5) is 5.82 Å². The highest BCUT2D eigenvalue weighted by Crippen LogP contribution is 2.28. The first-order chi connectivity index (χ1) is 10.1. The van der Waals surface area contributed by atoms with Crippen LogP contribution in [0.25, 0.3) is 0 Å². The minimum absolute atomic E-state index is 0.00786. The van der Waals surface area contributed by atoms with Crippen molar-refractivity contribution in [2.45, 2.75) is 65.3 Å². The van der Waals surface area contributed by atoms with Gasteiger partial charge in [0.05, 0.1) is 17.8 Å². The van der Waals surface area contributed by atoms with Gasteiger partial charge in [0.25, 0.3) is 0 Å². The van der Waals surface area contributed by atoms with E-state index in [4.69, 9.17) is 5.10 Å². The van der Waals surface area contributed by atoms with Crippen molar-refractivity contribution in [3.8, 4) is 0 Å². The fourth-order valence-corrected chi connectivity index (χ4v) is 2.25. The molecule has 1 amide bonds. The third-order valence-corrected chi connectivity index (χ3v) is 3.80. The molecule has 1 aromatic heterocycles. The summed E-state index contributed by atoms with van der Waals surface area (Å²) in [4.78, 5) is 12.1. The Morgan fingerprint density at radius 1 is 1.27 bits per heavy atom. The van der Waals surface area contributed by atoms with Gasteiger partial charge in [-0.25, -0.2) is 4.68 Å². The Kier molecular flexibility index (Phi) is 4.66. The van der Waals surface area contributed by atoms with Crippen molar-refractivity contribution >= 4 is 11.7 Å². The van der Waals surface area contributed by atoms with E-state index in [1.54, 1.807) is 0 Å². The Hall–Kier alpha value is -1.36. The van der Waals surface area contributed by atoms with Crippen LogP contribution >= 0.6 is 0 Å². The maximum absolute atomic E-state index is 12.1.